The molecule has 1 heterocycles. The number of thioether (sulfide) groups is 1. The summed E-state index contributed by atoms with van der Waals surface area (Å²) in [4.78, 5) is 25.6. The minimum Gasteiger partial charge on any atom is -0.497 e. The number of carbonyl (C=O) groups is 1. The molecule has 1 saturated heterocycles. The maximum atomic E-state index is 12.9. The van der Waals surface area contributed by atoms with Crippen LogP contribution in [0.25, 0.3) is 6.08 Å². The van der Waals surface area contributed by atoms with E-state index in [0.29, 0.717) is 27.3 Å². The van der Waals surface area contributed by atoms with Crippen molar-refractivity contribution in [3.8, 4) is 17.2 Å². The molecule has 1 amide bonds. The normalized spacial score (nSPS) is 14.9. The summed E-state index contributed by atoms with van der Waals surface area (Å²) in [5, 5.41) is 11.5. The van der Waals surface area contributed by atoms with E-state index in [1.807, 2.05) is 12.1 Å². The molecule has 1 aliphatic heterocycles. The molecular weight excluding hydrogens is 428 g/mol. The molecule has 0 radical (unpaired) electrons. The maximum absolute atomic E-state index is 12.9. The molecule has 1 fully saturated rings. The van der Waals surface area contributed by atoms with Crippen molar-refractivity contribution in [3.63, 3.8) is 0 Å². The lowest BCUT2D eigenvalue weighted by atomic mass is 10.1. The Kier molecular flexibility index (Phi) is 6.58. The zero-order valence-corrected chi connectivity index (χ0v) is 18.0. The zero-order valence-electron chi connectivity index (χ0n) is 16.4. The molecule has 0 N–H and O–H groups in total. The Hall–Kier alpha value is -3.11. The first kappa shape index (κ1) is 21.6. The number of carbonyl (C=O) groups excluding carboxylic acids is 1. The second kappa shape index (κ2) is 9.14. The highest BCUT2D eigenvalue weighted by Gasteiger charge is 2.33. The van der Waals surface area contributed by atoms with Crippen LogP contribution in [0.15, 0.2) is 41.3 Å². The van der Waals surface area contributed by atoms with Gasteiger partial charge in [-0.1, -0.05) is 36.1 Å². The third-order valence-corrected chi connectivity index (χ3v) is 5.77. The number of amides is 1. The molecule has 156 valence electrons. The maximum Gasteiger partial charge on any atom is 0.280 e. The number of methoxy groups -OCH3 is 3. The summed E-state index contributed by atoms with van der Waals surface area (Å²) in [7, 11) is 4.41. The lowest BCUT2D eigenvalue weighted by Gasteiger charge is -2.14. The Morgan fingerprint density at radius 2 is 1.73 bits per heavy atom. The summed E-state index contributed by atoms with van der Waals surface area (Å²) in [6, 6.07) is 10.0. The third-order valence-electron chi connectivity index (χ3n) is 4.39. The van der Waals surface area contributed by atoms with Gasteiger partial charge in [0, 0.05) is 0 Å². The number of ether oxygens (including phenoxy) is 3. The number of rotatable bonds is 7. The van der Waals surface area contributed by atoms with Crippen LogP contribution < -0.4 is 14.2 Å². The van der Waals surface area contributed by atoms with Crippen LogP contribution in [-0.4, -0.2) is 41.4 Å². The van der Waals surface area contributed by atoms with Gasteiger partial charge < -0.3 is 14.2 Å². The van der Waals surface area contributed by atoms with E-state index in [0.717, 1.165) is 17.3 Å². The number of hydrogen-bond donors (Lipinski definition) is 0. The van der Waals surface area contributed by atoms with Crippen LogP contribution in [0, 0.1) is 10.1 Å². The summed E-state index contributed by atoms with van der Waals surface area (Å²) in [6.07, 6.45) is 1.45. The summed E-state index contributed by atoms with van der Waals surface area (Å²) < 4.78 is 15.9. The third kappa shape index (κ3) is 4.39. The highest BCUT2D eigenvalue weighted by molar-refractivity contribution is 8.26. The largest absolute Gasteiger partial charge is 0.497 e. The van der Waals surface area contributed by atoms with Gasteiger partial charge in [0.05, 0.1) is 49.3 Å². The second-order valence-corrected chi connectivity index (χ2v) is 7.81. The molecule has 0 atom stereocenters. The second-order valence-electron chi connectivity index (χ2n) is 6.14. The first-order chi connectivity index (χ1) is 14.4. The van der Waals surface area contributed by atoms with Crippen molar-refractivity contribution in [2.24, 2.45) is 0 Å². The van der Waals surface area contributed by atoms with Gasteiger partial charge in [-0.15, -0.1) is 0 Å². The average Bonchev–Trinajstić information content (AvgIpc) is 3.01. The molecule has 0 spiro atoms. The van der Waals surface area contributed by atoms with Gasteiger partial charge in [0.2, 0.25) is 0 Å². The van der Waals surface area contributed by atoms with Crippen molar-refractivity contribution in [2.45, 2.75) is 6.54 Å². The van der Waals surface area contributed by atoms with Gasteiger partial charge in [0.15, 0.2) is 11.5 Å². The molecule has 10 heteroatoms. The molecule has 1 aliphatic rings. The molecule has 0 aromatic heterocycles. The van der Waals surface area contributed by atoms with Gasteiger partial charge in [-0.3, -0.25) is 19.8 Å². The molecule has 0 bridgehead atoms. The number of nitro groups is 1. The van der Waals surface area contributed by atoms with E-state index in [2.05, 4.69) is 0 Å². The quantitative estimate of drug-likeness (QED) is 0.273. The van der Waals surface area contributed by atoms with Gasteiger partial charge in [0.1, 0.15) is 10.1 Å². The topological polar surface area (TPSA) is 91.1 Å². The van der Waals surface area contributed by atoms with Crippen molar-refractivity contribution in [1.82, 2.24) is 4.90 Å². The minimum absolute atomic E-state index is 0.201. The van der Waals surface area contributed by atoms with Crippen LogP contribution in [0.2, 0.25) is 0 Å². The van der Waals surface area contributed by atoms with Crippen molar-refractivity contribution < 1.29 is 23.9 Å². The SMILES string of the molecule is COc1ccc(CN2C(=O)/C(=C/c3cc(OC)c(OC)cc3[N+](=O)[O-])SC2=S)cc1. The molecule has 2 aromatic carbocycles. The molecule has 0 saturated carbocycles. The van der Waals surface area contributed by atoms with Crippen LogP contribution in [-0.2, 0) is 11.3 Å². The molecule has 0 unspecified atom stereocenters. The molecule has 30 heavy (non-hydrogen) atoms. The smallest absolute Gasteiger partial charge is 0.280 e. The minimum atomic E-state index is -0.536. The predicted molar refractivity (Wildman–Crippen MR) is 118 cm³/mol. The Morgan fingerprint density at radius 3 is 2.30 bits per heavy atom. The van der Waals surface area contributed by atoms with Crippen LogP contribution >= 0.6 is 24.0 Å². The number of nitrogens with zero attached hydrogens (tertiary/aromatic N) is 2. The number of nitro benzene ring substituents is 1. The standard InChI is InChI=1S/C20H18N2O6S2/c1-26-14-6-4-12(5-7-14)11-21-19(23)18(30-20(21)29)9-13-8-16(27-2)17(28-3)10-15(13)22(24)25/h4-10H,11H2,1-3H3/b18-9-. The Bertz CT molecular complexity index is 1040. The monoisotopic (exact) mass is 446 g/mol. The van der Waals surface area contributed by atoms with E-state index in [4.69, 9.17) is 26.4 Å². The molecular formula is C20H18N2O6S2. The molecule has 0 aliphatic carbocycles. The first-order valence-corrected chi connectivity index (χ1v) is 9.89. The number of benzene rings is 2. The van der Waals surface area contributed by atoms with E-state index < -0.39 is 4.92 Å². The fourth-order valence-electron chi connectivity index (χ4n) is 2.85. The van der Waals surface area contributed by atoms with Gasteiger partial charge in [0.25, 0.3) is 11.6 Å². The molecule has 8 nitrogen and oxygen atoms in total. The van der Waals surface area contributed by atoms with Crippen LogP contribution in [0.3, 0.4) is 0 Å². The molecule has 2 aromatic rings. The van der Waals surface area contributed by atoms with E-state index in [9.17, 15) is 14.9 Å². The lowest BCUT2D eigenvalue weighted by Crippen LogP contribution is -2.27. The highest BCUT2D eigenvalue weighted by atomic mass is 32.2. The van der Waals surface area contributed by atoms with Gasteiger partial charge in [-0.25, -0.2) is 0 Å². The van der Waals surface area contributed by atoms with E-state index in [-0.39, 0.29) is 22.9 Å². The van der Waals surface area contributed by atoms with Crippen molar-refractivity contribution in [1.29, 1.82) is 0 Å². The van der Waals surface area contributed by atoms with Crippen LogP contribution in [0.4, 0.5) is 5.69 Å². The Labute approximate surface area is 182 Å². The van der Waals surface area contributed by atoms with Crippen LogP contribution in [0.5, 0.6) is 17.2 Å². The Morgan fingerprint density at radius 1 is 1.10 bits per heavy atom. The highest BCUT2D eigenvalue weighted by Crippen LogP contribution is 2.39. The van der Waals surface area contributed by atoms with E-state index in [1.54, 1.807) is 19.2 Å². The summed E-state index contributed by atoms with van der Waals surface area (Å²) in [6.45, 7) is 0.292. The van der Waals surface area contributed by atoms with Gasteiger partial charge in [-0.05, 0) is 29.8 Å². The van der Waals surface area contributed by atoms with Gasteiger partial charge >= 0.3 is 0 Å². The van der Waals surface area contributed by atoms with Crippen molar-refractivity contribution in [2.75, 3.05) is 21.3 Å². The van der Waals surface area contributed by atoms with Crippen molar-refractivity contribution in [3.05, 3.63) is 62.5 Å². The van der Waals surface area contributed by atoms with E-state index >= 15 is 0 Å². The summed E-state index contributed by atoms with van der Waals surface area (Å²) >= 11 is 6.45. The summed E-state index contributed by atoms with van der Waals surface area (Å²) in [5.41, 5.74) is 0.904. The lowest BCUT2D eigenvalue weighted by molar-refractivity contribution is -0.385. The Balaban J connectivity index is 1.92. The fourth-order valence-corrected chi connectivity index (χ4v) is 4.09. The number of hydrogen-bond acceptors (Lipinski definition) is 8. The zero-order chi connectivity index (χ0) is 21.8. The van der Waals surface area contributed by atoms with E-state index in [1.165, 1.54) is 37.3 Å². The van der Waals surface area contributed by atoms with Gasteiger partial charge in [-0.2, -0.15) is 0 Å². The first-order valence-electron chi connectivity index (χ1n) is 8.66. The average molecular weight is 447 g/mol. The van der Waals surface area contributed by atoms with Crippen LogP contribution in [0.1, 0.15) is 11.1 Å². The number of thiocarbonyl (C=S) groups is 1. The summed E-state index contributed by atoms with van der Waals surface area (Å²) in [5.74, 6) is 0.950. The fraction of sp³-hybridized carbons (Fsp3) is 0.200. The predicted octanol–water partition coefficient (Wildman–Crippen LogP) is 4.02. The van der Waals surface area contributed by atoms with Crippen molar-refractivity contribution >= 4 is 46.0 Å². The molecule has 3 rings (SSSR count).